The molecule has 2 rings (SSSR count). The Kier molecular flexibility index (Phi) is 10.4. The smallest absolute Gasteiger partial charge is 0.220 e. The van der Waals surface area contributed by atoms with Crippen molar-refractivity contribution < 1.29 is 4.79 Å². The number of piperidine rings is 1. The van der Waals surface area contributed by atoms with Gasteiger partial charge in [-0.05, 0) is 18.8 Å². The molecule has 0 spiro atoms. The molecule has 0 unspecified atom stereocenters. The number of rotatable bonds is 6. The fourth-order valence-corrected chi connectivity index (χ4v) is 3.92. The normalized spacial score (nSPS) is 15.7. The minimum Gasteiger partial charge on any atom is -0.359 e. The molecule has 26 heavy (non-hydrogen) atoms. The second kappa shape index (κ2) is 11.7. The van der Waals surface area contributed by atoms with Crippen molar-refractivity contribution in [3.63, 3.8) is 0 Å². The van der Waals surface area contributed by atoms with Crippen LogP contribution in [0.3, 0.4) is 0 Å². The number of nitrogens with one attached hydrogen (secondary N) is 2. The van der Waals surface area contributed by atoms with Crippen LogP contribution in [0, 0.1) is 5.92 Å². The summed E-state index contributed by atoms with van der Waals surface area (Å²) in [4.78, 5) is 22.9. The molecule has 1 aliphatic rings. The summed E-state index contributed by atoms with van der Waals surface area (Å²) in [6, 6.07) is 0. The van der Waals surface area contributed by atoms with Gasteiger partial charge < -0.3 is 15.5 Å². The number of guanidine groups is 1. The summed E-state index contributed by atoms with van der Waals surface area (Å²) in [7, 11) is 3.54. The van der Waals surface area contributed by atoms with E-state index < -0.39 is 0 Å². The summed E-state index contributed by atoms with van der Waals surface area (Å²) < 4.78 is 0. The van der Waals surface area contributed by atoms with Gasteiger partial charge in [0.05, 0.1) is 10.7 Å². The van der Waals surface area contributed by atoms with E-state index in [9.17, 15) is 4.79 Å². The van der Waals surface area contributed by atoms with Crippen molar-refractivity contribution in [1.29, 1.82) is 0 Å². The number of aromatic nitrogens is 1. The number of carbonyl (C=O) groups is 1. The first-order chi connectivity index (χ1) is 12.0. The van der Waals surface area contributed by atoms with Crippen LogP contribution in [0.25, 0.3) is 0 Å². The third-order valence-corrected chi connectivity index (χ3v) is 5.80. The summed E-state index contributed by atoms with van der Waals surface area (Å²) in [5, 5.41) is 9.53. The van der Waals surface area contributed by atoms with Crippen molar-refractivity contribution in [2.24, 2.45) is 10.9 Å². The highest BCUT2D eigenvalue weighted by Crippen LogP contribution is 2.21. The maximum atomic E-state index is 11.5. The largest absolute Gasteiger partial charge is 0.359 e. The number of halogens is 1. The molecule has 6 nitrogen and oxygen atoms in total. The van der Waals surface area contributed by atoms with Gasteiger partial charge in [0.2, 0.25) is 5.91 Å². The lowest BCUT2D eigenvalue weighted by atomic mass is 9.93. The molecule has 0 aromatic carbocycles. The van der Waals surface area contributed by atoms with Crippen LogP contribution < -0.4 is 10.6 Å². The maximum Gasteiger partial charge on any atom is 0.220 e. The van der Waals surface area contributed by atoms with Crippen molar-refractivity contribution in [3.8, 4) is 0 Å². The number of hydrogen-bond donors (Lipinski definition) is 2. The van der Waals surface area contributed by atoms with Crippen LogP contribution in [0.1, 0.15) is 49.7 Å². The second-order valence-corrected chi connectivity index (χ2v) is 7.75. The summed E-state index contributed by atoms with van der Waals surface area (Å²) in [6.07, 6.45) is 3.63. The van der Waals surface area contributed by atoms with Crippen LogP contribution in [-0.4, -0.2) is 55.5 Å². The van der Waals surface area contributed by atoms with Gasteiger partial charge in [-0.1, -0.05) is 13.8 Å². The second-order valence-electron chi connectivity index (χ2n) is 6.86. The van der Waals surface area contributed by atoms with Crippen molar-refractivity contribution in [3.05, 3.63) is 16.1 Å². The molecule has 1 aromatic heterocycles. The quantitative estimate of drug-likeness (QED) is 0.364. The third kappa shape index (κ3) is 7.02. The molecular formula is C18H32IN5OS. The van der Waals surface area contributed by atoms with Gasteiger partial charge in [-0.2, -0.15) is 0 Å². The fraction of sp³-hybridized carbons (Fsp3) is 0.722. The molecular weight excluding hydrogens is 461 g/mol. The average Bonchev–Trinajstić information content (AvgIpc) is 3.09. The standard InChI is InChI=1S/C18H31N5OS.HI/c1-13(2)17-22-15(12-25-17)5-8-21-18(20-4)23-9-6-14(7-10-23)11-16(24)19-3;/h12-14H,5-11H2,1-4H3,(H,19,24)(H,20,21);1H. The third-order valence-electron chi connectivity index (χ3n) is 4.61. The van der Waals surface area contributed by atoms with Gasteiger partial charge in [-0.3, -0.25) is 9.79 Å². The van der Waals surface area contributed by atoms with Crippen molar-refractivity contribution in [2.75, 3.05) is 33.7 Å². The SMILES string of the molecule is CN=C(NCCc1csc(C(C)C)n1)N1CCC(CC(=O)NC)CC1.I. The number of hydrogen-bond acceptors (Lipinski definition) is 4. The van der Waals surface area contributed by atoms with Crippen LogP contribution in [0.15, 0.2) is 10.4 Å². The highest BCUT2D eigenvalue weighted by atomic mass is 127. The lowest BCUT2D eigenvalue weighted by molar-refractivity contribution is -0.121. The highest BCUT2D eigenvalue weighted by Gasteiger charge is 2.22. The maximum absolute atomic E-state index is 11.5. The van der Waals surface area contributed by atoms with E-state index in [1.165, 1.54) is 5.01 Å². The van der Waals surface area contributed by atoms with E-state index in [-0.39, 0.29) is 29.9 Å². The number of amides is 1. The van der Waals surface area contributed by atoms with Crippen LogP contribution in [0.2, 0.25) is 0 Å². The molecule has 1 aromatic rings. The molecule has 0 aliphatic carbocycles. The number of nitrogens with zero attached hydrogens (tertiary/aromatic N) is 3. The van der Waals surface area contributed by atoms with E-state index >= 15 is 0 Å². The molecule has 1 saturated heterocycles. The summed E-state index contributed by atoms with van der Waals surface area (Å²) in [5.41, 5.74) is 1.15. The topological polar surface area (TPSA) is 69.6 Å². The van der Waals surface area contributed by atoms with Gasteiger partial charge >= 0.3 is 0 Å². The van der Waals surface area contributed by atoms with Crippen molar-refractivity contribution >= 4 is 47.2 Å². The highest BCUT2D eigenvalue weighted by molar-refractivity contribution is 14.0. The fourth-order valence-electron chi connectivity index (χ4n) is 3.05. The summed E-state index contributed by atoms with van der Waals surface area (Å²) in [5.74, 6) is 2.08. The van der Waals surface area contributed by atoms with E-state index in [1.807, 2.05) is 7.05 Å². The van der Waals surface area contributed by atoms with Crippen molar-refractivity contribution in [2.45, 2.75) is 45.4 Å². The predicted molar refractivity (Wildman–Crippen MR) is 120 cm³/mol. The Morgan fingerprint density at radius 2 is 2.12 bits per heavy atom. The number of carbonyl (C=O) groups excluding carboxylic acids is 1. The molecule has 1 fully saturated rings. The van der Waals surface area contributed by atoms with Gasteiger partial charge in [0, 0.05) is 57.9 Å². The molecule has 8 heteroatoms. The Morgan fingerprint density at radius 1 is 1.42 bits per heavy atom. The van der Waals surface area contributed by atoms with E-state index in [0.717, 1.165) is 50.6 Å². The first-order valence-electron chi connectivity index (χ1n) is 9.14. The van der Waals surface area contributed by atoms with Gasteiger partial charge in [-0.25, -0.2) is 4.98 Å². The molecule has 0 saturated carbocycles. The van der Waals surface area contributed by atoms with Gasteiger partial charge in [-0.15, -0.1) is 35.3 Å². The zero-order chi connectivity index (χ0) is 18.2. The van der Waals surface area contributed by atoms with Gasteiger partial charge in [0.15, 0.2) is 5.96 Å². The van der Waals surface area contributed by atoms with Crippen LogP contribution in [-0.2, 0) is 11.2 Å². The minimum atomic E-state index is 0. The van der Waals surface area contributed by atoms with E-state index in [4.69, 9.17) is 0 Å². The van der Waals surface area contributed by atoms with Gasteiger partial charge in [0.1, 0.15) is 0 Å². The molecule has 2 heterocycles. The van der Waals surface area contributed by atoms with Crippen LogP contribution in [0.4, 0.5) is 0 Å². The van der Waals surface area contributed by atoms with Crippen LogP contribution >= 0.6 is 35.3 Å². The molecule has 0 atom stereocenters. The number of thiazole rings is 1. The molecule has 0 radical (unpaired) electrons. The Labute approximate surface area is 178 Å². The monoisotopic (exact) mass is 493 g/mol. The Balaban J connectivity index is 0.00000338. The predicted octanol–water partition coefficient (Wildman–Crippen LogP) is 2.85. The van der Waals surface area contributed by atoms with E-state index in [2.05, 4.69) is 44.7 Å². The van der Waals surface area contributed by atoms with E-state index in [1.54, 1.807) is 18.4 Å². The van der Waals surface area contributed by atoms with Crippen LogP contribution in [0.5, 0.6) is 0 Å². The van der Waals surface area contributed by atoms with E-state index in [0.29, 0.717) is 18.3 Å². The minimum absolute atomic E-state index is 0. The molecule has 1 aliphatic heterocycles. The number of aliphatic imine (C=N–C) groups is 1. The molecule has 148 valence electrons. The molecule has 2 N–H and O–H groups in total. The molecule has 1 amide bonds. The Morgan fingerprint density at radius 3 is 2.65 bits per heavy atom. The molecule has 0 bridgehead atoms. The Hall–Kier alpha value is -0.900. The lowest BCUT2D eigenvalue weighted by Crippen LogP contribution is -2.46. The summed E-state index contributed by atoms with van der Waals surface area (Å²) in [6.45, 7) is 7.10. The first kappa shape index (κ1) is 23.1. The average molecular weight is 493 g/mol. The van der Waals surface area contributed by atoms with Gasteiger partial charge in [0.25, 0.3) is 0 Å². The zero-order valence-corrected chi connectivity index (χ0v) is 19.4. The lowest BCUT2D eigenvalue weighted by Gasteiger charge is -2.34. The summed E-state index contributed by atoms with van der Waals surface area (Å²) >= 11 is 1.74. The Bertz CT molecular complexity index is 582. The number of likely N-dealkylation sites (tertiary alicyclic amines) is 1. The first-order valence-corrected chi connectivity index (χ1v) is 10.0. The van der Waals surface area contributed by atoms with Crippen molar-refractivity contribution in [1.82, 2.24) is 20.5 Å². The zero-order valence-electron chi connectivity index (χ0n) is 16.2.